The molecule has 1 aromatic heterocycles. The molecule has 1 atom stereocenters. The summed E-state index contributed by atoms with van der Waals surface area (Å²) in [6, 6.07) is 0. The fourth-order valence-electron chi connectivity index (χ4n) is 2.28. The molecule has 2 rings (SSSR count). The minimum absolute atomic E-state index is 0. The highest BCUT2D eigenvalue weighted by Crippen LogP contribution is 2.30. The van der Waals surface area contributed by atoms with E-state index >= 15 is 0 Å². The van der Waals surface area contributed by atoms with Crippen molar-refractivity contribution in [2.75, 3.05) is 24.6 Å². The van der Waals surface area contributed by atoms with Crippen molar-refractivity contribution in [1.82, 2.24) is 15.6 Å². The number of guanidine groups is 1. The van der Waals surface area contributed by atoms with Gasteiger partial charge >= 0.3 is 6.18 Å². The van der Waals surface area contributed by atoms with E-state index in [-0.39, 0.29) is 53.0 Å². The van der Waals surface area contributed by atoms with Crippen molar-refractivity contribution >= 4 is 51.1 Å². The largest absolute Gasteiger partial charge is 0.434 e. The van der Waals surface area contributed by atoms with Gasteiger partial charge in [0, 0.05) is 18.5 Å². The molecule has 1 aliphatic heterocycles. The molecule has 6 nitrogen and oxygen atoms in total. The molecule has 25 heavy (non-hydrogen) atoms. The van der Waals surface area contributed by atoms with Crippen LogP contribution in [0.15, 0.2) is 10.4 Å². The van der Waals surface area contributed by atoms with Crippen LogP contribution in [0.2, 0.25) is 0 Å². The van der Waals surface area contributed by atoms with Crippen molar-refractivity contribution in [1.29, 1.82) is 0 Å². The van der Waals surface area contributed by atoms with Crippen LogP contribution in [0.3, 0.4) is 0 Å². The average molecular weight is 512 g/mol. The predicted octanol–water partition coefficient (Wildman–Crippen LogP) is 2.27. The first-order valence-corrected chi connectivity index (χ1v) is 10.1. The number of nitrogens with zero attached hydrogens (tertiary/aromatic N) is 2. The van der Waals surface area contributed by atoms with Crippen LogP contribution in [0.4, 0.5) is 13.2 Å². The molecule has 2 heterocycles. The lowest BCUT2D eigenvalue weighted by atomic mass is 10.1. The second kappa shape index (κ2) is 9.35. The molecule has 12 heteroatoms. The maximum absolute atomic E-state index is 12.5. The Morgan fingerprint density at radius 2 is 2.16 bits per heavy atom. The molecule has 1 aliphatic rings. The second-order valence-electron chi connectivity index (χ2n) is 5.47. The summed E-state index contributed by atoms with van der Waals surface area (Å²) in [6.45, 7) is 2.93. The third-order valence-electron chi connectivity index (χ3n) is 3.44. The fourth-order valence-corrected chi connectivity index (χ4v) is 4.86. The van der Waals surface area contributed by atoms with E-state index in [0.717, 1.165) is 16.7 Å². The van der Waals surface area contributed by atoms with E-state index in [4.69, 9.17) is 0 Å². The normalized spacial score (nSPS) is 20.2. The van der Waals surface area contributed by atoms with Crippen LogP contribution in [0.5, 0.6) is 0 Å². The van der Waals surface area contributed by atoms with Gasteiger partial charge in [-0.15, -0.1) is 35.3 Å². The SMILES string of the molecule is CCNC(=NCc1nc(C(F)(F)F)cs1)NCC1CCS(=O)(=O)C1.I. The summed E-state index contributed by atoms with van der Waals surface area (Å²) in [5, 5.41) is 7.25. The van der Waals surface area contributed by atoms with Gasteiger partial charge in [-0.2, -0.15) is 13.2 Å². The Kier molecular flexibility index (Phi) is 8.38. The summed E-state index contributed by atoms with van der Waals surface area (Å²) in [4.78, 5) is 7.72. The van der Waals surface area contributed by atoms with E-state index in [9.17, 15) is 21.6 Å². The van der Waals surface area contributed by atoms with Crippen molar-refractivity contribution in [3.63, 3.8) is 0 Å². The Hall–Kier alpha value is -0.630. The number of hydrogen-bond acceptors (Lipinski definition) is 5. The molecule has 0 aliphatic carbocycles. The van der Waals surface area contributed by atoms with Gasteiger partial charge in [-0.1, -0.05) is 0 Å². The Morgan fingerprint density at radius 1 is 1.44 bits per heavy atom. The molecule has 2 N–H and O–H groups in total. The fraction of sp³-hybridized carbons (Fsp3) is 0.692. The van der Waals surface area contributed by atoms with Gasteiger partial charge in [0.1, 0.15) is 5.01 Å². The zero-order valence-electron chi connectivity index (χ0n) is 13.5. The molecule has 1 fully saturated rings. The van der Waals surface area contributed by atoms with Crippen molar-refractivity contribution in [3.8, 4) is 0 Å². The average Bonchev–Trinajstić information content (AvgIpc) is 3.08. The van der Waals surface area contributed by atoms with Crippen molar-refractivity contribution in [3.05, 3.63) is 16.1 Å². The van der Waals surface area contributed by atoms with Crippen LogP contribution in [-0.2, 0) is 22.6 Å². The Bertz CT molecular complexity index is 692. The van der Waals surface area contributed by atoms with Crippen LogP contribution < -0.4 is 10.6 Å². The molecule has 0 spiro atoms. The molecular weight excluding hydrogens is 492 g/mol. The lowest BCUT2D eigenvalue weighted by Crippen LogP contribution is -2.40. The van der Waals surface area contributed by atoms with Crippen molar-refractivity contribution < 1.29 is 21.6 Å². The highest BCUT2D eigenvalue weighted by Gasteiger charge is 2.33. The number of hydrogen-bond donors (Lipinski definition) is 2. The zero-order valence-corrected chi connectivity index (χ0v) is 17.4. The van der Waals surface area contributed by atoms with E-state index in [1.165, 1.54) is 0 Å². The Labute approximate surface area is 165 Å². The second-order valence-corrected chi connectivity index (χ2v) is 8.64. The highest BCUT2D eigenvalue weighted by atomic mass is 127. The molecule has 144 valence electrons. The quantitative estimate of drug-likeness (QED) is 0.360. The number of alkyl halides is 3. The maximum atomic E-state index is 12.5. The summed E-state index contributed by atoms with van der Waals surface area (Å²) < 4.78 is 60.4. The molecule has 0 radical (unpaired) electrons. The predicted molar refractivity (Wildman–Crippen MR) is 102 cm³/mol. The monoisotopic (exact) mass is 512 g/mol. The summed E-state index contributed by atoms with van der Waals surface area (Å²) in [5.41, 5.74) is -0.910. The van der Waals surface area contributed by atoms with Gasteiger partial charge in [-0.25, -0.2) is 18.4 Å². The van der Waals surface area contributed by atoms with Gasteiger partial charge in [0.05, 0.1) is 18.1 Å². The minimum atomic E-state index is -4.45. The van der Waals surface area contributed by atoms with Crippen molar-refractivity contribution in [2.45, 2.75) is 26.1 Å². The standard InChI is InChI=1S/C13H19F3N4O2S2.HI/c1-2-17-12(18-5-9-3-4-24(21,22)8-9)19-6-11-20-10(7-23-11)13(14,15)16;/h7,9H,2-6,8H2,1H3,(H2,17,18,19);1H. The molecule has 0 saturated carbocycles. The number of aliphatic imine (C=N–C) groups is 1. The molecular formula is C13H20F3IN4O2S2. The van der Waals surface area contributed by atoms with Crippen LogP contribution in [0.1, 0.15) is 24.0 Å². The summed E-state index contributed by atoms with van der Waals surface area (Å²) in [5.74, 6) is 0.814. The van der Waals surface area contributed by atoms with Gasteiger partial charge in [0.25, 0.3) is 0 Å². The van der Waals surface area contributed by atoms with Gasteiger partial charge < -0.3 is 10.6 Å². The number of halogens is 4. The maximum Gasteiger partial charge on any atom is 0.434 e. The summed E-state index contributed by atoms with van der Waals surface area (Å²) in [7, 11) is -2.94. The zero-order chi connectivity index (χ0) is 17.8. The van der Waals surface area contributed by atoms with E-state index in [0.29, 0.717) is 25.5 Å². The lowest BCUT2D eigenvalue weighted by Gasteiger charge is -2.13. The highest BCUT2D eigenvalue weighted by molar-refractivity contribution is 14.0. The number of nitrogens with one attached hydrogen (secondary N) is 2. The number of sulfone groups is 1. The summed E-state index contributed by atoms with van der Waals surface area (Å²) >= 11 is 0.907. The van der Waals surface area contributed by atoms with E-state index in [2.05, 4.69) is 20.6 Å². The lowest BCUT2D eigenvalue weighted by molar-refractivity contribution is -0.140. The molecule has 0 bridgehead atoms. The van der Waals surface area contributed by atoms with Gasteiger partial charge in [0.2, 0.25) is 0 Å². The molecule has 1 unspecified atom stereocenters. The van der Waals surface area contributed by atoms with Gasteiger partial charge in [-0.3, -0.25) is 0 Å². The third kappa shape index (κ3) is 7.25. The summed E-state index contributed by atoms with van der Waals surface area (Å²) in [6.07, 6.45) is -3.84. The number of rotatable bonds is 5. The third-order valence-corrected chi connectivity index (χ3v) is 6.11. The topological polar surface area (TPSA) is 83.4 Å². The molecule has 0 amide bonds. The number of aromatic nitrogens is 1. The van der Waals surface area contributed by atoms with Crippen LogP contribution in [-0.4, -0.2) is 44.0 Å². The Morgan fingerprint density at radius 3 is 2.68 bits per heavy atom. The minimum Gasteiger partial charge on any atom is -0.357 e. The molecule has 0 aromatic carbocycles. The van der Waals surface area contributed by atoms with Crippen LogP contribution in [0, 0.1) is 5.92 Å². The first kappa shape index (κ1) is 22.4. The van der Waals surface area contributed by atoms with Gasteiger partial charge in [-0.05, 0) is 19.3 Å². The molecule has 1 aromatic rings. The molecule has 1 saturated heterocycles. The number of thiazole rings is 1. The van der Waals surface area contributed by atoms with E-state index in [1.807, 2.05) is 6.92 Å². The van der Waals surface area contributed by atoms with E-state index in [1.54, 1.807) is 0 Å². The van der Waals surface area contributed by atoms with Crippen molar-refractivity contribution in [2.24, 2.45) is 10.9 Å². The first-order valence-electron chi connectivity index (χ1n) is 7.44. The smallest absolute Gasteiger partial charge is 0.357 e. The first-order chi connectivity index (χ1) is 11.2. The Balaban J connectivity index is 0.00000312. The van der Waals surface area contributed by atoms with Crippen LogP contribution in [0.25, 0.3) is 0 Å². The van der Waals surface area contributed by atoms with Gasteiger partial charge in [0.15, 0.2) is 21.5 Å². The van der Waals surface area contributed by atoms with E-state index < -0.39 is 21.7 Å². The van der Waals surface area contributed by atoms with Crippen LogP contribution >= 0.6 is 35.3 Å².